The quantitative estimate of drug-likeness (QED) is 0.718. The van der Waals surface area contributed by atoms with Crippen LogP contribution in [0.2, 0.25) is 0 Å². The summed E-state index contributed by atoms with van der Waals surface area (Å²) in [6.45, 7) is 7.30. The molecule has 1 aliphatic rings. The summed E-state index contributed by atoms with van der Waals surface area (Å²) in [5, 5.41) is 3.55. The topological polar surface area (TPSA) is 21.3 Å². The van der Waals surface area contributed by atoms with Gasteiger partial charge in [-0.2, -0.15) is 0 Å². The van der Waals surface area contributed by atoms with Gasteiger partial charge in [-0.15, -0.1) is 6.42 Å². The summed E-state index contributed by atoms with van der Waals surface area (Å²) >= 11 is 0. The Hall–Kier alpha value is -0.520. The molecular weight excluding hydrogens is 186 g/mol. The minimum atomic E-state index is 0.00127. The van der Waals surface area contributed by atoms with Gasteiger partial charge in [-0.05, 0) is 33.1 Å². The van der Waals surface area contributed by atoms with E-state index in [9.17, 15) is 0 Å². The lowest BCUT2D eigenvalue weighted by atomic mass is 9.93. The molecule has 2 nitrogen and oxygen atoms in total. The first-order chi connectivity index (χ1) is 7.07. The molecule has 0 aromatic rings. The second-order valence-electron chi connectivity index (χ2n) is 4.97. The van der Waals surface area contributed by atoms with Gasteiger partial charge in [0, 0.05) is 12.6 Å². The fourth-order valence-corrected chi connectivity index (χ4v) is 2.16. The van der Waals surface area contributed by atoms with E-state index < -0.39 is 0 Å². The number of hydrogen-bond acceptors (Lipinski definition) is 2. The van der Waals surface area contributed by atoms with Gasteiger partial charge in [-0.1, -0.05) is 19.3 Å². The maximum absolute atomic E-state index is 5.68. The van der Waals surface area contributed by atoms with E-state index in [1.165, 1.54) is 0 Å². The van der Waals surface area contributed by atoms with Gasteiger partial charge in [-0.25, -0.2) is 0 Å². The molecule has 0 aromatic heterocycles. The van der Waals surface area contributed by atoms with E-state index in [0.29, 0.717) is 6.04 Å². The third-order valence-electron chi connectivity index (χ3n) is 2.91. The highest BCUT2D eigenvalue weighted by molar-refractivity contribution is 5.00. The van der Waals surface area contributed by atoms with Gasteiger partial charge < -0.3 is 10.1 Å². The fourth-order valence-electron chi connectivity index (χ4n) is 2.16. The van der Waals surface area contributed by atoms with E-state index in [2.05, 4.69) is 32.0 Å². The van der Waals surface area contributed by atoms with Crippen molar-refractivity contribution in [3.05, 3.63) is 0 Å². The molecule has 0 aromatic carbocycles. The van der Waals surface area contributed by atoms with Crippen molar-refractivity contribution in [2.45, 2.75) is 64.1 Å². The van der Waals surface area contributed by atoms with Crippen molar-refractivity contribution in [2.24, 2.45) is 0 Å². The summed E-state index contributed by atoms with van der Waals surface area (Å²) < 4.78 is 5.68. The minimum absolute atomic E-state index is 0.00127. The summed E-state index contributed by atoms with van der Waals surface area (Å²) in [5.41, 5.74) is 0.00127. The van der Waals surface area contributed by atoms with E-state index >= 15 is 0 Å². The van der Waals surface area contributed by atoms with Crippen LogP contribution in [0.4, 0.5) is 0 Å². The first-order valence-corrected chi connectivity index (χ1v) is 5.93. The van der Waals surface area contributed by atoms with Gasteiger partial charge in [0.05, 0.1) is 11.6 Å². The number of rotatable bonds is 4. The minimum Gasteiger partial charge on any atom is -0.375 e. The first kappa shape index (κ1) is 12.5. The second-order valence-corrected chi connectivity index (χ2v) is 4.97. The maximum Gasteiger partial charge on any atom is 0.0689 e. The van der Waals surface area contributed by atoms with E-state index in [0.717, 1.165) is 32.3 Å². The Kier molecular flexibility index (Phi) is 4.63. The highest BCUT2D eigenvalue weighted by Crippen LogP contribution is 2.24. The van der Waals surface area contributed by atoms with E-state index in [1.54, 1.807) is 0 Å². The molecule has 0 aliphatic carbocycles. The molecule has 0 saturated carbocycles. The van der Waals surface area contributed by atoms with Crippen molar-refractivity contribution < 1.29 is 4.74 Å². The summed E-state index contributed by atoms with van der Waals surface area (Å²) in [6, 6.07) is 0.746. The van der Waals surface area contributed by atoms with Gasteiger partial charge in [0.15, 0.2) is 0 Å². The molecule has 1 aliphatic heterocycles. The summed E-state index contributed by atoms with van der Waals surface area (Å²) in [6.07, 6.45) is 9.82. The summed E-state index contributed by atoms with van der Waals surface area (Å²) in [4.78, 5) is 0. The van der Waals surface area contributed by atoms with Crippen LogP contribution in [0.1, 0.15) is 46.5 Å². The molecule has 2 atom stereocenters. The Morgan fingerprint density at radius 3 is 2.87 bits per heavy atom. The fraction of sp³-hybridized carbons (Fsp3) is 0.846. The molecule has 1 rings (SSSR count). The van der Waals surface area contributed by atoms with E-state index in [-0.39, 0.29) is 11.6 Å². The van der Waals surface area contributed by atoms with Crippen LogP contribution in [0, 0.1) is 12.3 Å². The van der Waals surface area contributed by atoms with Crippen LogP contribution in [0.25, 0.3) is 0 Å². The van der Waals surface area contributed by atoms with Gasteiger partial charge in [0.1, 0.15) is 0 Å². The van der Waals surface area contributed by atoms with Crippen LogP contribution in [-0.2, 0) is 4.74 Å². The zero-order valence-electron chi connectivity index (χ0n) is 10.2. The lowest BCUT2D eigenvalue weighted by Crippen LogP contribution is -2.46. The highest BCUT2D eigenvalue weighted by Gasteiger charge is 2.29. The molecule has 15 heavy (non-hydrogen) atoms. The molecular formula is C13H23NO. The lowest BCUT2D eigenvalue weighted by molar-refractivity contribution is -0.0635. The largest absolute Gasteiger partial charge is 0.375 e. The van der Waals surface area contributed by atoms with Crippen molar-refractivity contribution in [2.75, 3.05) is 6.61 Å². The van der Waals surface area contributed by atoms with Crippen molar-refractivity contribution in [1.82, 2.24) is 5.32 Å². The number of terminal acetylenes is 1. The molecule has 2 heteroatoms. The monoisotopic (exact) mass is 209 g/mol. The van der Waals surface area contributed by atoms with Crippen LogP contribution in [0.5, 0.6) is 0 Å². The number of ether oxygens (including phenoxy) is 1. The van der Waals surface area contributed by atoms with Crippen LogP contribution < -0.4 is 5.32 Å². The smallest absolute Gasteiger partial charge is 0.0689 e. The third kappa shape index (κ3) is 4.24. The molecule has 1 heterocycles. The van der Waals surface area contributed by atoms with Gasteiger partial charge in [-0.3, -0.25) is 0 Å². The number of hydrogen-bond donors (Lipinski definition) is 1. The second kappa shape index (κ2) is 5.53. The van der Waals surface area contributed by atoms with Gasteiger partial charge >= 0.3 is 0 Å². The Morgan fingerprint density at radius 2 is 2.33 bits per heavy atom. The maximum atomic E-state index is 5.68. The molecule has 1 fully saturated rings. The van der Waals surface area contributed by atoms with Gasteiger partial charge in [0.2, 0.25) is 0 Å². The zero-order valence-corrected chi connectivity index (χ0v) is 10.2. The SMILES string of the molecule is C#CC(CCC)NC1CCOC(C)(C)C1. The van der Waals surface area contributed by atoms with Crippen molar-refractivity contribution in [3.63, 3.8) is 0 Å². The predicted molar refractivity (Wildman–Crippen MR) is 63.7 cm³/mol. The Balaban J connectivity index is 2.40. The Morgan fingerprint density at radius 1 is 1.60 bits per heavy atom. The third-order valence-corrected chi connectivity index (χ3v) is 2.91. The van der Waals surface area contributed by atoms with Crippen LogP contribution in [0.15, 0.2) is 0 Å². The molecule has 1 N–H and O–H groups in total. The molecule has 0 spiro atoms. The van der Waals surface area contributed by atoms with E-state index in [1.807, 2.05) is 0 Å². The zero-order chi connectivity index (χ0) is 11.3. The Bertz CT molecular complexity index is 229. The standard InChI is InChI=1S/C13H23NO/c1-5-7-11(6-2)14-12-8-9-15-13(3,4)10-12/h2,11-12,14H,5,7-10H2,1,3-4H3. The molecule has 0 amide bonds. The van der Waals surface area contributed by atoms with Crippen molar-refractivity contribution >= 4 is 0 Å². The van der Waals surface area contributed by atoms with Crippen molar-refractivity contribution in [3.8, 4) is 12.3 Å². The highest BCUT2D eigenvalue weighted by atomic mass is 16.5. The lowest BCUT2D eigenvalue weighted by Gasteiger charge is -2.37. The Labute approximate surface area is 93.8 Å². The first-order valence-electron chi connectivity index (χ1n) is 5.93. The summed E-state index contributed by atoms with van der Waals surface area (Å²) in [7, 11) is 0. The predicted octanol–water partition coefficient (Wildman–Crippen LogP) is 2.34. The molecule has 0 bridgehead atoms. The van der Waals surface area contributed by atoms with Crippen LogP contribution in [0.3, 0.4) is 0 Å². The molecule has 2 unspecified atom stereocenters. The van der Waals surface area contributed by atoms with Crippen LogP contribution >= 0.6 is 0 Å². The normalized spacial score (nSPS) is 26.9. The van der Waals surface area contributed by atoms with Crippen molar-refractivity contribution in [1.29, 1.82) is 0 Å². The summed E-state index contributed by atoms with van der Waals surface area (Å²) in [5.74, 6) is 2.83. The van der Waals surface area contributed by atoms with E-state index in [4.69, 9.17) is 11.2 Å². The molecule has 0 radical (unpaired) electrons. The van der Waals surface area contributed by atoms with Gasteiger partial charge in [0.25, 0.3) is 0 Å². The molecule has 86 valence electrons. The van der Waals surface area contributed by atoms with Crippen LogP contribution in [-0.4, -0.2) is 24.3 Å². The number of nitrogens with one attached hydrogen (secondary N) is 1. The molecule has 1 saturated heterocycles. The average Bonchev–Trinajstić information content (AvgIpc) is 2.15. The average molecular weight is 209 g/mol.